The maximum Gasteiger partial charge on any atom is 0.255 e. The van der Waals surface area contributed by atoms with E-state index >= 15 is 0 Å². The Morgan fingerprint density at radius 2 is 1.09 bits per heavy atom. The van der Waals surface area contributed by atoms with Crippen LogP contribution >= 0.6 is 0 Å². The topological polar surface area (TPSA) is 123 Å². The molecule has 3 heterocycles. The molecule has 2 fully saturated rings. The minimum absolute atomic E-state index is 0.0979. The van der Waals surface area contributed by atoms with Crippen LogP contribution in [0.3, 0.4) is 0 Å². The molecule has 4 aromatic rings. The van der Waals surface area contributed by atoms with E-state index in [9.17, 15) is 28.0 Å². The highest BCUT2D eigenvalue weighted by atomic mass is 19.1. The maximum atomic E-state index is 14.8. The van der Waals surface area contributed by atoms with Crippen molar-refractivity contribution in [2.45, 2.75) is 152 Å². The molecular weight excluding hydrogens is 837 g/mol. The number of nitrogens with one attached hydrogen (secondary N) is 3. The summed E-state index contributed by atoms with van der Waals surface area (Å²) in [6.45, 7) is 26.0. The first kappa shape index (κ1) is 51.7. The van der Waals surface area contributed by atoms with Gasteiger partial charge in [0.2, 0.25) is 0 Å². The van der Waals surface area contributed by atoms with Crippen molar-refractivity contribution in [2.24, 2.45) is 18.9 Å². The average molecular weight is 912 g/mol. The van der Waals surface area contributed by atoms with E-state index in [1.54, 1.807) is 23.7 Å². The van der Waals surface area contributed by atoms with Crippen molar-refractivity contribution in [1.82, 2.24) is 25.1 Å². The molecule has 2 aromatic carbocycles. The van der Waals surface area contributed by atoms with Crippen molar-refractivity contribution in [3.63, 3.8) is 0 Å². The molecule has 3 N–H and O–H groups in total. The number of benzene rings is 2. The third-order valence-electron chi connectivity index (χ3n) is 14.5. The highest BCUT2D eigenvalue weighted by molar-refractivity contribution is 5.98. The number of likely N-dealkylation sites (tertiary alicyclic amines) is 1. The quantitative estimate of drug-likeness (QED) is 0.130. The van der Waals surface area contributed by atoms with Crippen LogP contribution in [-0.2, 0) is 20.1 Å². The van der Waals surface area contributed by atoms with Crippen LogP contribution < -0.4 is 31.6 Å². The van der Waals surface area contributed by atoms with Gasteiger partial charge < -0.3 is 34.9 Å². The molecule has 66 heavy (non-hydrogen) atoms. The van der Waals surface area contributed by atoms with E-state index in [0.29, 0.717) is 52.2 Å². The monoisotopic (exact) mass is 912 g/mol. The van der Waals surface area contributed by atoms with Gasteiger partial charge in [-0.15, -0.1) is 0 Å². The number of aromatic nitrogens is 2. The van der Waals surface area contributed by atoms with E-state index in [0.717, 1.165) is 83.8 Å². The Labute approximate surface area is 391 Å². The summed E-state index contributed by atoms with van der Waals surface area (Å²) in [7, 11) is 3.87. The Morgan fingerprint density at radius 3 is 1.55 bits per heavy atom. The molecule has 360 valence electrons. The van der Waals surface area contributed by atoms with Gasteiger partial charge in [-0.2, -0.15) is 0 Å². The fraction of sp³-hybridized carbons (Fsp3) is 0.547. The van der Waals surface area contributed by atoms with E-state index in [2.05, 4.69) is 78.9 Å². The smallest absolute Gasteiger partial charge is 0.255 e. The van der Waals surface area contributed by atoms with Crippen LogP contribution in [-0.4, -0.2) is 70.6 Å². The molecule has 1 saturated carbocycles. The molecule has 0 radical (unpaired) electrons. The molecule has 2 aliphatic rings. The lowest BCUT2D eigenvalue weighted by molar-refractivity contribution is 0.0941. The molecule has 2 amide bonds. The molecule has 0 unspecified atom stereocenters. The van der Waals surface area contributed by atoms with Gasteiger partial charge in [-0.05, 0) is 179 Å². The summed E-state index contributed by atoms with van der Waals surface area (Å²) in [6.07, 6.45) is 5.35. The standard InChI is InChI=1S/C27H39FN4O2.C26H36FN3O2/c1-9-32(22-11-18(4)30(7)19(5)12-22)25-14-21(28)13-23(20(25)6)26(33)29-15-24-16(2)10-17(3)31(8)27(24)34;1-7-30(21-9-15(2)8-16(3)10-21)24-13-20(27)12-22(19(24)6)25(31)28-14-23-17(4)11-18(5)29-26(23)32/h10,13-14,18-19,22H,9,11-12,15H2,1-8H3,(H,29,33);11-13,15-16,21H,7-10,14H2,1-6H3,(H,28,31)(H,29,32)/t18-,19-;15-,16-/m10/s1. The second kappa shape index (κ2) is 22.0. The number of carbonyl (C=O) groups excluding carboxylic acids is 2. The average Bonchev–Trinajstić information content (AvgIpc) is 3.23. The first-order valence-electron chi connectivity index (χ1n) is 23.8. The van der Waals surface area contributed by atoms with Gasteiger partial charge in [0.05, 0.1) is 0 Å². The highest BCUT2D eigenvalue weighted by Crippen LogP contribution is 2.36. The van der Waals surface area contributed by atoms with E-state index in [-0.39, 0.29) is 42.1 Å². The first-order chi connectivity index (χ1) is 31.1. The molecule has 2 aromatic heterocycles. The van der Waals surface area contributed by atoms with Gasteiger partial charge in [-0.3, -0.25) is 19.2 Å². The van der Waals surface area contributed by atoms with Crippen LogP contribution in [0, 0.1) is 65.0 Å². The third-order valence-corrected chi connectivity index (χ3v) is 14.5. The van der Waals surface area contributed by atoms with Crippen molar-refractivity contribution in [2.75, 3.05) is 29.9 Å². The number of hydrogen-bond acceptors (Lipinski definition) is 7. The Balaban J connectivity index is 0.000000248. The Bertz CT molecular complexity index is 2490. The highest BCUT2D eigenvalue weighted by Gasteiger charge is 2.33. The number of halogens is 2. The number of pyridine rings is 2. The van der Waals surface area contributed by atoms with E-state index in [1.165, 1.54) is 18.6 Å². The first-order valence-corrected chi connectivity index (χ1v) is 23.8. The number of hydrogen-bond donors (Lipinski definition) is 3. The number of anilines is 2. The Morgan fingerprint density at radius 1 is 0.652 bits per heavy atom. The zero-order valence-electron chi connectivity index (χ0n) is 42.0. The van der Waals surface area contributed by atoms with E-state index in [1.807, 2.05) is 53.7 Å². The molecule has 4 atom stereocenters. The minimum atomic E-state index is -0.430. The van der Waals surface area contributed by atoms with Crippen molar-refractivity contribution in [1.29, 1.82) is 0 Å². The minimum Gasteiger partial charge on any atom is -0.368 e. The van der Waals surface area contributed by atoms with Gasteiger partial charge in [-0.25, -0.2) is 8.78 Å². The van der Waals surface area contributed by atoms with E-state index < -0.39 is 11.6 Å². The number of carbonyl (C=O) groups is 2. The normalized spacial score (nSPS) is 20.8. The van der Waals surface area contributed by atoms with Crippen molar-refractivity contribution in [3.05, 3.63) is 125 Å². The molecule has 11 nitrogen and oxygen atoms in total. The third kappa shape index (κ3) is 11.8. The Kier molecular flexibility index (Phi) is 17.2. The summed E-state index contributed by atoms with van der Waals surface area (Å²) in [5.41, 5.74) is 7.71. The SMILES string of the molecule is CCN(c1cc(F)cc(C(=O)NCc2c(C)cc(C)[nH]c2=O)c1C)C1C[C@@H](C)C[C@H](C)C1.CCN(c1cc(F)cc(C(=O)NCc2c(C)cc(C)n(C)c2=O)c1C)C1C[C@@H](C)N(C)[C@H](C)C1. The number of H-pyrrole nitrogens is 1. The molecule has 6 rings (SSSR count). The van der Waals surface area contributed by atoms with Gasteiger partial charge >= 0.3 is 0 Å². The second-order valence-electron chi connectivity index (χ2n) is 19.4. The van der Waals surface area contributed by atoms with Gasteiger partial charge in [0.1, 0.15) is 11.6 Å². The number of aromatic amines is 1. The lowest BCUT2D eigenvalue weighted by atomic mass is 9.79. The molecular formula is C53H75F2N7O4. The summed E-state index contributed by atoms with van der Waals surface area (Å²) < 4.78 is 31.0. The largest absolute Gasteiger partial charge is 0.368 e. The summed E-state index contributed by atoms with van der Waals surface area (Å²) in [5, 5.41) is 5.67. The number of rotatable bonds is 12. The predicted molar refractivity (Wildman–Crippen MR) is 264 cm³/mol. The van der Waals surface area contributed by atoms with Crippen LogP contribution in [0.2, 0.25) is 0 Å². The molecule has 0 bridgehead atoms. The van der Waals surface area contributed by atoms with Crippen LogP contribution in [0.1, 0.15) is 139 Å². The Hall–Kier alpha value is -5.30. The van der Waals surface area contributed by atoms with E-state index in [4.69, 9.17) is 0 Å². The van der Waals surface area contributed by atoms with Crippen molar-refractivity contribution < 1.29 is 18.4 Å². The zero-order valence-corrected chi connectivity index (χ0v) is 42.0. The van der Waals surface area contributed by atoms with Gasteiger partial charge in [-0.1, -0.05) is 13.8 Å². The lowest BCUT2D eigenvalue weighted by Gasteiger charge is -2.45. The van der Waals surface area contributed by atoms with Gasteiger partial charge in [0.15, 0.2) is 0 Å². The summed E-state index contributed by atoms with van der Waals surface area (Å²) in [5.74, 6) is -0.336. The lowest BCUT2D eigenvalue weighted by Crippen LogP contribution is -2.51. The van der Waals surface area contributed by atoms with Crippen LogP contribution in [0.5, 0.6) is 0 Å². The van der Waals surface area contributed by atoms with Crippen LogP contribution in [0.4, 0.5) is 20.2 Å². The predicted octanol–water partition coefficient (Wildman–Crippen LogP) is 9.10. The summed E-state index contributed by atoms with van der Waals surface area (Å²) in [6, 6.07) is 11.0. The van der Waals surface area contributed by atoms with Crippen LogP contribution in [0.15, 0.2) is 46.0 Å². The maximum absolute atomic E-state index is 14.8. The molecule has 1 aliphatic heterocycles. The summed E-state index contributed by atoms with van der Waals surface area (Å²) in [4.78, 5) is 60.7. The molecule has 1 saturated heterocycles. The zero-order chi connectivity index (χ0) is 48.9. The number of amides is 2. The number of aryl methyl sites for hydroxylation is 4. The molecule has 0 spiro atoms. The van der Waals surface area contributed by atoms with Crippen molar-refractivity contribution >= 4 is 23.2 Å². The summed E-state index contributed by atoms with van der Waals surface area (Å²) >= 11 is 0. The van der Waals surface area contributed by atoms with Crippen molar-refractivity contribution in [3.8, 4) is 0 Å². The van der Waals surface area contributed by atoms with Crippen LogP contribution in [0.25, 0.3) is 0 Å². The number of piperidine rings is 1. The fourth-order valence-corrected chi connectivity index (χ4v) is 10.6. The molecule has 13 heteroatoms. The number of nitrogens with zero attached hydrogens (tertiary/aromatic N) is 4. The fourth-order valence-electron chi connectivity index (χ4n) is 10.6. The second-order valence-corrected chi connectivity index (χ2v) is 19.4. The van der Waals surface area contributed by atoms with Gasteiger partial charge in [0, 0.05) is 102 Å². The molecule has 1 aliphatic carbocycles. The van der Waals surface area contributed by atoms with Gasteiger partial charge in [0.25, 0.3) is 22.9 Å².